The predicted molar refractivity (Wildman–Crippen MR) is 54.3 cm³/mol. The molecule has 0 spiro atoms. The van der Waals surface area contributed by atoms with Gasteiger partial charge in [0.05, 0.1) is 0 Å². The molecule has 1 N–H and O–H groups in total. The molecule has 0 bridgehead atoms. The monoisotopic (exact) mass is 169 g/mol. The van der Waals surface area contributed by atoms with Crippen LogP contribution in [0.3, 0.4) is 0 Å². The number of hydrogen-bond donors (Lipinski definition) is 1. The molecule has 0 aromatic heterocycles. The Kier molecular flexibility index (Phi) is 3.16. The van der Waals surface area contributed by atoms with Gasteiger partial charge >= 0.3 is 0 Å². The summed E-state index contributed by atoms with van der Waals surface area (Å²) in [5.74, 6) is 1.73. The van der Waals surface area contributed by atoms with Crippen molar-refractivity contribution in [2.75, 3.05) is 7.05 Å². The van der Waals surface area contributed by atoms with Crippen LogP contribution in [0.15, 0.2) is 0 Å². The van der Waals surface area contributed by atoms with E-state index >= 15 is 0 Å². The summed E-state index contributed by atoms with van der Waals surface area (Å²) in [6.07, 6.45) is 5.59. The molecule has 0 aromatic rings. The highest BCUT2D eigenvalue weighted by Gasteiger charge is 2.39. The first-order valence-electron chi connectivity index (χ1n) is 5.34. The minimum absolute atomic E-state index is 0.396. The van der Waals surface area contributed by atoms with E-state index < -0.39 is 0 Å². The molecule has 0 aliphatic heterocycles. The molecule has 1 fully saturated rings. The van der Waals surface area contributed by atoms with Crippen molar-refractivity contribution in [3.63, 3.8) is 0 Å². The highest BCUT2D eigenvalue weighted by atomic mass is 15.0. The van der Waals surface area contributed by atoms with Crippen LogP contribution < -0.4 is 5.32 Å². The molecule has 2 atom stereocenters. The second kappa shape index (κ2) is 3.78. The molecule has 0 radical (unpaired) electrons. The van der Waals surface area contributed by atoms with Gasteiger partial charge in [-0.25, -0.2) is 0 Å². The van der Waals surface area contributed by atoms with E-state index in [-0.39, 0.29) is 0 Å². The zero-order chi connectivity index (χ0) is 9.19. The van der Waals surface area contributed by atoms with Crippen LogP contribution in [-0.4, -0.2) is 12.6 Å². The first-order valence-corrected chi connectivity index (χ1v) is 5.34. The SMILES string of the molecule is CCC(C)C(C)(NC)C1CCC1. The molecule has 1 heteroatoms. The summed E-state index contributed by atoms with van der Waals surface area (Å²) in [6, 6.07) is 0. The first-order chi connectivity index (χ1) is 5.65. The molecule has 72 valence electrons. The summed E-state index contributed by atoms with van der Waals surface area (Å²) in [5, 5.41) is 3.53. The number of hydrogen-bond acceptors (Lipinski definition) is 1. The fourth-order valence-electron chi connectivity index (χ4n) is 2.28. The van der Waals surface area contributed by atoms with Crippen LogP contribution in [0, 0.1) is 11.8 Å². The van der Waals surface area contributed by atoms with Gasteiger partial charge < -0.3 is 5.32 Å². The van der Waals surface area contributed by atoms with Crippen LogP contribution >= 0.6 is 0 Å². The zero-order valence-corrected chi connectivity index (χ0v) is 8.98. The Morgan fingerprint density at radius 1 is 1.50 bits per heavy atom. The third-order valence-corrected chi connectivity index (χ3v) is 4.13. The summed E-state index contributed by atoms with van der Waals surface area (Å²) in [6.45, 7) is 7.05. The van der Waals surface area contributed by atoms with Crippen LogP contribution in [0.5, 0.6) is 0 Å². The van der Waals surface area contributed by atoms with Gasteiger partial charge in [0, 0.05) is 5.54 Å². The predicted octanol–water partition coefficient (Wildman–Crippen LogP) is 2.81. The molecule has 1 nitrogen and oxygen atoms in total. The van der Waals surface area contributed by atoms with Crippen molar-refractivity contribution in [2.24, 2.45) is 11.8 Å². The Balaban J connectivity index is 2.59. The van der Waals surface area contributed by atoms with Crippen molar-refractivity contribution >= 4 is 0 Å². The minimum Gasteiger partial charge on any atom is -0.314 e. The van der Waals surface area contributed by atoms with Gasteiger partial charge in [0.1, 0.15) is 0 Å². The summed E-state index contributed by atoms with van der Waals surface area (Å²) >= 11 is 0. The molecular formula is C11H23N. The fraction of sp³-hybridized carbons (Fsp3) is 1.00. The molecule has 0 aromatic carbocycles. The van der Waals surface area contributed by atoms with E-state index in [0.29, 0.717) is 5.54 Å². The van der Waals surface area contributed by atoms with Crippen molar-refractivity contribution in [1.29, 1.82) is 0 Å². The maximum Gasteiger partial charge on any atom is 0.0203 e. The largest absolute Gasteiger partial charge is 0.314 e. The van der Waals surface area contributed by atoms with E-state index in [1.807, 2.05) is 0 Å². The highest BCUT2D eigenvalue weighted by molar-refractivity contribution is 4.96. The van der Waals surface area contributed by atoms with E-state index in [1.165, 1.54) is 25.7 Å². The Morgan fingerprint density at radius 3 is 2.33 bits per heavy atom. The van der Waals surface area contributed by atoms with Crippen molar-refractivity contribution in [3.8, 4) is 0 Å². The summed E-state index contributed by atoms with van der Waals surface area (Å²) in [4.78, 5) is 0. The van der Waals surface area contributed by atoms with Gasteiger partial charge in [-0.2, -0.15) is 0 Å². The lowest BCUT2D eigenvalue weighted by atomic mass is 9.66. The van der Waals surface area contributed by atoms with Gasteiger partial charge in [0.25, 0.3) is 0 Å². The van der Waals surface area contributed by atoms with Crippen LogP contribution in [0.25, 0.3) is 0 Å². The number of nitrogens with one attached hydrogen (secondary N) is 1. The van der Waals surface area contributed by atoms with Gasteiger partial charge in [-0.3, -0.25) is 0 Å². The molecule has 1 rings (SSSR count). The normalized spacial score (nSPS) is 26.0. The molecule has 2 unspecified atom stereocenters. The van der Waals surface area contributed by atoms with Crippen molar-refractivity contribution in [1.82, 2.24) is 5.32 Å². The Labute approximate surface area is 76.9 Å². The third-order valence-electron chi connectivity index (χ3n) is 4.13. The van der Waals surface area contributed by atoms with E-state index in [2.05, 4.69) is 33.1 Å². The van der Waals surface area contributed by atoms with Gasteiger partial charge in [0.15, 0.2) is 0 Å². The smallest absolute Gasteiger partial charge is 0.0203 e. The molecular weight excluding hydrogens is 146 g/mol. The van der Waals surface area contributed by atoms with Crippen LogP contribution in [-0.2, 0) is 0 Å². The fourth-order valence-corrected chi connectivity index (χ4v) is 2.28. The van der Waals surface area contributed by atoms with Crippen LogP contribution in [0.1, 0.15) is 46.5 Å². The summed E-state index contributed by atoms with van der Waals surface area (Å²) in [5.41, 5.74) is 0.396. The van der Waals surface area contributed by atoms with Crippen LogP contribution in [0.2, 0.25) is 0 Å². The van der Waals surface area contributed by atoms with E-state index in [4.69, 9.17) is 0 Å². The lowest BCUT2D eigenvalue weighted by molar-refractivity contribution is 0.0952. The summed E-state index contributed by atoms with van der Waals surface area (Å²) < 4.78 is 0. The van der Waals surface area contributed by atoms with Crippen molar-refractivity contribution in [3.05, 3.63) is 0 Å². The first kappa shape index (κ1) is 10.0. The average Bonchev–Trinajstić information content (AvgIpc) is 1.99. The minimum atomic E-state index is 0.396. The second-order valence-corrected chi connectivity index (χ2v) is 4.47. The number of rotatable bonds is 4. The van der Waals surface area contributed by atoms with E-state index in [0.717, 1.165) is 11.8 Å². The standard InChI is InChI=1S/C11H23N/c1-5-9(2)11(3,12-4)10-7-6-8-10/h9-10,12H,5-8H2,1-4H3. The van der Waals surface area contributed by atoms with Crippen LogP contribution in [0.4, 0.5) is 0 Å². The van der Waals surface area contributed by atoms with Gasteiger partial charge in [-0.1, -0.05) is 26.7 Å². The molecule has 0 amide bonds. The van der Waals surface area contributed by atoms with E-state index in [1.54, 1.807) is 0 Å². The Bertz CT molecular complexity index is 133. The van der Waals surface area contributed by atoms with Gasteiger partial charge in [0.2, 0.25) is 0 Å². The Morgan fingerprint density at radius 2 is 2.08 bits per heavy atom. The van der Waals surface area contributed by atoms with Crippen molar-refractivity contribution < 1.29 is 0 Å². The quantitative estimate of drug-likeness (QED) is 0.682. The van der Waals surface area contributed by atoms with E-state index in [9.17, 15) is 0 Å². The third kappa shape index (κ3) is 1.52. The average molecular weight is 169 g/mol. The topological polar surface area (TPSA) is 12.0 Å². The zero-order valence-electron chi connectivity index (χ0n) is 8.98. The second-order valence-electron chi connectivity index (χ2n) is 4.47. The molecule has 0 heterocycles. The highest BCUT2D eigenvalue weighted by Crippen LogP contribution is 2.40. The molecule has 0 saturated heterocycles. The molecule has 1 aliphatic rings. The Hall–Kier alpha value is -0.0400. The molecule has 1 saturated carbocycles. The summed E-state index contributed by atoms with van der Waals surface area (Å²) in [7, 11) is 2.12. The molecule has 12 heavy (non-hydrogen) atoms. The lowest BCUT2D eigenvalue weighted by Crippen LogP contribution is -2.54. The maximum atomic E-state index is 3.53. The van der Waals surface area contributed by atoms with Gasteiger partial charge in [-0.15, -0.1) is 0 Å². The molecule has 1 aliphatic carbocycles. The van der Waals surface area contributed by atoms with Gasteiger partial charge in [-0.05, 0) is 38.6 Å². The maximum absolute atomic E-state index is 3.53. The lowest BCUT2D eigenvalue weighted by Gasteiger charge is -2.46. The van der Waals surface area contributed by atoms with Crippen molar-refractivity contribution in [2.45, 2.75) is 52.0 Å².